The fraction of sp³-hybridized carbons (Fsp3) is 0.929. The highest BCUT2D eigenvalue weighted by Crippen LogP contribution is 2.08. The maximum Gasteiger partial charge on any atom is 0.222 e. The first kappa shape index (κ1) is 14.5. The number of piperazine rings is 1. The standard InChI is InChI=1S/C14H28N2O/c1-3-5-7-8-14(17)16-12-10-15(11-13-16)9-6-4-2/h3-13H2,1-2H3. The van der Waals surface area contributed by atoms with Gasteiger partial charge in [0.25, 0.3) is 0 Å². The van der Waals surface area contributed by atoms with Gasteiger partial charge in [0.05, 0.1) is 0 Å². The highest BCUT2D eigenvalue weighted by molar-refractivity contribution is 5.76. The Morgan fingerprint density at radius 1 is 0.941 bits per heavy atom. The van der Waals surface area contributed by atoms with Crippen molar-refractivity contribution in [3.05, 3.63) is 0 Å². The molecule has 1 rings (SSSR count). The molecule has 0 radical (unpaired) electrons. The fourth-order valence-corrected chi connectivity index (χ4v) is 2.29. The van der Waals surface area contributed by atoms with E-state index in [1.54, 1.807) is 0 Å². The molecule has 17 heavy (non-hydrogen) atoms. The quantitative estimate of drug-likeness (QED) is 0.638. The molecule has 1 aliphatic heterocycles. The van der Waals surface area contributed by atoms with Crippen LogP contribution in [0.1, 0.15) is 52.4 Å². The predicted octanol–water partition coefficient (Wildman–Crippen LogP) is 2.51. The van der Waals surface area contributed by atoms with E-state index in [1.807, 2.05) is 0 Å². The Bertz CT molecular complexity index is 210. The number of carbonyl (C=O) groups excluding carboxylic acids is 1. The van der Waals surface area contributed by atoms with Crippen LogP contribution in [0.15, 0.2) is 0 Å². The smallest absolute Gasteiger partial charge is 0.222 e. The third-order valence-electron chi connectivity index (χ3n) is 3.55. The summed E-state index contributed by atoms with van der Waals surface area (Å²) in [7, 11) is 0. The van der Waals surface area contributed by atoms with Crippen molar-refractivity contribution in [1.29, 1.82) is 0 Å². The molecule has 0 aliphatic carbocycles. The van der Waals surface area contributed by atoms with Gasteiger partial charge in [0.1, 0.15) is 0 Å². The van der Waals surface area contributed by atoms with Crippen LogP contribution < -0.4 is 0 Å². The monoisotopic (exact) mass is 240 g/mol. The fourth-order valence-electron chi connectivity index (χ4n) is 2.29. The normalized spacial score (nSPS) is 17.4. The molecule has 100 valence electrons. The summed E-state index contributed by atoms with van der Waals surface area (Å²) in [5, 5.41) is 0. The van der Waals surface area contributed by atoms with Gasteiger partial charge in [-0.25, -0.2) is 0 Å². The number of hydrogen-bond acceptors (Lipinski definition) is 2. The van der Waals surface area contributed by atoms with Gasteiger partial charge in [-0.2, -0.15) is 0 Å². The number of unbranched alkanes of at least 4 members (excludes halogenated alkanes) is 3. The first-order chi connectivity index (χ1) is 8.27. The third kappa shape index (κ3) is 5.53. The molecule has 3 nitrogen and oxygen atoms in total. The van der Waals surface area contributed by atoms with Crippen molar-refractivity contribution in [2.75, 3.05) is 32.7 Å². The number of rotatable bonds is 7. The molecule has 0 aromatic rings. The van der Waals surface area contributed by atoms with E-state index in [1.165, 1.54) is 32.2 Å². The number of amides is 1. The van der Waals surface area contributed by atoms with E-state index >= 15 is 0 Å². The zero-order chi connectivity index (χ0) is 12.5. The molecule has 1 heterocycles. The number of carbonyl (C=O) groups is 1. The predicted molar refractivity (Wildman–Crippen MR) is 72.1 cm³/mol. The highest BCUT2D eigenvalue weighted by atomic mass is 16.2. The Hall–Kier alpha value is -0.570. The van der Waals surface area contributed by atoms with Crippen molar-refractivity contribution in [2.24, 2.45) is 0 Å². The van der Waals surface area contributed by atoms with Crippen molar-refractivity contribution in [3.8, 4) is 0 Å². The maximum atomic E-state index is 11.9. The molecule has 0 bridgehead atoms. The summed E-state index contributed by atoms with van der Waals surface area (Å²) < 4.78 is 0. The van der Waals surface area contributed by atoms with Gasteiger partial charge in [-0.05, 0) is 19.4 Å². The maximum absolute atomic E-state index is 11.9. The van der Waals surface area contributed by atoms with E-state index in [-0.39, 0.29) is 0 Å². The average molecular weight is 240 g/mol. The molecule has 1 aliphatic rings. The van der Waals surface area contributed by atoms with Crippen LogP contribution in [-0.2, 0) is 4.79 Å². The van der Waals surface area contributed by atoms with E-state index in [4.69, 9.17) is 0 Å². The van der Waals surface area contributed by atoms with E-state index in [9.17, 15) is 4.79 Å². The second-order valence-electron chi connectivity index (χ2n) is 5.03. The van der Waals surface area contributed by atoms with Gasteiger partial charge in [0, 0.05) is 32.6 Å². The van der Waals surface area contributed by atoms with Crippen molar-refractivity contribution in [1.82, 2.24) is 9.80 Å². The van der Waals surface area contributed by atoms with Crippen LogP contribution in [0.4, 0.5) is 0 Å². The molecule has 0 saturated carbocycles. The van der Waals surface area contributed by atoms with Gasteiger partial charge in [-0.1, -0.05) is 33.1 Å². The van der Waals surface area contributed by atoms with Crippen molar-refractivity contribution < 1.29 is 4.79 Å². The Morgan fingerprint density at radius 2 is 1.59 bits per heavy atom. The van der Waals surface area contributed by atoms with Crippen LogP contribution >= 0.6 is 0 Å². The lowest BCUT2D eigenvalue weighted by Crippen LogP contribution is -2.48. The Kier molecular flexibility index (Phi) is 7.25. The first-order valence-electron chi connectivity index (χ1n) is 7.28. The lowest BCUT2D eigenvalue weighted by molar-refractivity contribution is -0.133. The van der Waals surface area contributed by atoms with Gasteiger partial charge in [0.2, 0.25) is 5.91 Å². The van der Waals surface area contributed by atoms with E-state index in [2.05, 4.69) is 23.6 Å². The van der Waals surface area contributed by atoms with E-state index in [0.717, 1.165) is 39.0 Å². The Labute approximate surface area is 106 Å². The molecule has 0 unspecified atom stereocenters. The van der Waals surface area contributed by atoms with Gasteiger partial charge >= 0.3 is 0 Å². The molecule has 1 amide bonds. The Morgan fingerprint density at radius 3 is 2.18 bits per heavy atom. The minimum Gasteiger partial charge on any atom is -0.340 e. The highest BCUT2D eigenvalue weighted by Gasteiger charge is 2.19. The molecule has 0 N–H and O–H groups in total. The minimum atomic E-state index is 0.369. The summed E-state index contributed by atoms with van der Waals surface area (Å²) in [4.78, 5) is 16.4. The van der Waals surface area contributed by atoms with Gasteiger partial charge in [0.15, 0.2) is 0 Å². The second-order valence-corrected chi connectivity index (χ2v) is 5.03. The molecule has 1 fully saturated rings. The lowest BCUT2D eigenvalue weighted by Gasteiger charge is -2.34. The summed E-state index contributed by atoms with van der Waals surface area (Å²) >= 11 is 0. The van der Waals surface area contributed by atoms with E-state index in [0.29, 0.717) is 5.91 Å². The van der Waals surface area contributed by atoms with Crippen LogP contribution in [0.5, 0.6) is 0 Å². The van der Waals surface area contributed by atoms with Crippen LogP contribution in [0.3, 0.4) is 0 Å². The largest absolute Gasteiger partial charge is 0.340 e. The number of nitrogens with zero attached hydrogens (tertiary/aromatic N) is 2. The summed E-state index contributed by atoms with van der Waals surface area (Å²) in [5.74, 6) is 0.369. The third-order valence-corrected chi connectivity index (χ3v) is 3.55. The zero-order valence-electron chi connectivity index (χ0n) is 11.6. The second kappa shape index (κ2) is 8.51. The first-order valence-corrected chi connectivity index (χ1v) is 7.28. The van der Waals surface area contributed by atoms with Crippen molar-refractivity contribution >= 4 is 5.91 Å². The van der Waals surface area contributed by atoms with Gasteiger partial charge < -0.3 is 4.90 Å². The average Bonchev–Trinajstić information content (AvgIpc) is 2.37. The van der Waals surface area contributed by atoms with Gasteiger partial charge in [-0.15, -0.1) is 0 Å². The minimum absolute atomic E-state index is 0.369. The van der Waals surface area contributed by atoms with Gasteiger partial charge in [-0.3, -0.25) is 9.69 Å². The van der Waals surface area contributed by atoms with Crippen LogP contribution in [0, 0.1) is 0 Å². The molecular weight excluding hydrogens is 212 g/mol. The number of hydrogen-bond donors (Lipinski definition) is 0. The molecule has 3 heteroatoms. The zero-order valence-corrected chi connectivity index (χ0v) is 11.6. The molecule has 0 spiro atoms. The lowest BCUT2D eigenvalue weighted by atomic mass is 10.2. The molecule has 0 aromatic heterocycles. The van der Waals surface area contributed by atoms with Crippen molar-refractivity contribution in [3.63, 3.8) is 0 Å². The summed E-state index contributed by atoms with van der Waals surface area (Å²) in [6, 6.07) is 0. The van der Waals surface area contributed by atoms with Crippen molar-refractivity contribution in [2.45, 2.75) is 52.4 Å². The van der Waals surface area contributed by atoms with E-state index < -0.39 is 0 Å². The van der Waals surface area contributed by atoms with Crippen LogP contribution in [0.2, 0.25) is 0 Å². The Balaban J connectivity index is 2.15. The summed E-state index contributed by atoms with van der Waals surface area (Å²) in [6.45, 7) is 9.63. The molecule has 1 saturated heterocycles. The molecule has 0 atom stereocenters. The molecular formula is C14H28N2O. The summed E-state index contributed by atoms with van der Waals surface area (Å²) in [5.41, 5.74) is 0. The van der Waals surface area contributed by atoms with Crippen LogP contribution in [0.25, 0.3) is 0 Å². The molecule has 0 aromatic carbocycles. The SMILES string of the molecule is CCCCCC(=O)N1CCN(CCCC)CC1. The topological polar surface area (TPSA) is 23.6 Å². The summed E-state index contributed by atoms with van der Waals surface area (Å²) in [6.07, 6.45) is 6.73. The van der Waals surface area contributed by atoms with Crippen LogP contribution in [-0.4, -0.2) is 48.4 Å².